The van der Waals surface area contributed by atoms with Crippen molar-refractivity contribution in [1.29, 1.82) is 0 Å². The highest BCUT2D eigenvalue weighted by molar-refractivity contribution is 5.93. The second-order valence-corrected chi connectivity index (χ2v) is 4.70. The van der Waals surface area contributed by atoms with E-state index >= 15 is 0 Å². The zero-order valence-corrected chi connectivity index (χ0v) is 11.5. The molecule has 0 heterocycles. The van der Waals surface area contributed by atoms with Crippen molar-refractivity contribution in [2.75, 3.05) is 7.05 Å². The van der Waals surface area contributed by atoms with Gasteiger partial charge in [0.15, 0.2) is 0 Å². The summed E-state index contributed by atoms with van der Waals surface area (Å²) in [7, 11) is 1.84. The summed E-state index contributed by atoms with van der Waals surface area (Å²) in [4.78, 5) is 13.9. The second kappa shape index (κ2) is 6.19. The third-order valence-electron chi connectivity index (χ3n) is 3.22. The molecule has 0 saturated heterocycles. The van der Waals surface area contributed by atoms with Crippen LogP contribution in [0.25, 0.3) is 0 Å². The summed E-state index contributed by atoms with van der Waals surface area (Å²) >= 11 is 0. The minimum atomic E-state index is 0.0557. The number of benzene rings is 2. The number of nitrogens with zero attached hydrogens (tertiary/aromatic N) is 1. The van der Waals surface area contributed by atoms with Gasteiger partial charge in [0, 0.05) is 19.2 Å². The molecule has 98 valence electrons. The Kier molecular flexibility index (Phi) is 4.35. The number of carbonyl (C=O) groups is 1. The third-order valence-corrected chi connectivity index (χ3v) is 3.22. The molecule has 2 aromatic carbocycles. The van der Waals surface area contributed by atoms with Crippen LogP contribution in [0.1, 0.15) is 28.4 Å². The van der Waals surface area contributed by atoms with E-state index in [1.807, 2.05) is 37.4 Å². The lowest BCUT2D eigenvalue weighted by molar-refractivity contribution is 0.0785. The molecule has 19 heavy (non-hydrogen) atoms. The first kappa shape index (κ1) is 13.3. The van der Waals surface area contributed by atoms with Crippen molar-refractivity contribution in [3.8, 4) is 0 Å². The molecule has 1 amide bonds. The number of amides is 1. The fourth-order valence-corrected chi connectivity index (χ4v) is 2.03. The minimum absolute atomic E-state index is 0.0557. The number of carbonyl (C=O) groups excluding carboxylic acids is 1. The number of aryl methyl sites for hydroxylation is 1. The molecule has 2 rings (SSSR count). The van der Waals surface area contributed by atoms with Gasteiger partial charge in [0.2, 0.25) is 0 Å². The molecular weight excluding hydrogens is 234 g/mol. The molecule has 0 saturated carbocycles. The van der Waals surface area contributed by atoms with Gasteiger partial charge in [-0.25, -0.2) is 0 Å². The molecule has 0 spiro atoms. The van der Waals surface area contributed by atoms with E-state index in [9.17, 15) is 4.79 Å². The van der Waals surface area contributed by atoms with Crippen LogP contribution >= 0.6 is 0 Å². The Bertz CT molecular complexity index is 531. The van der Waals surface area contributed by atoms with E-state index in [4.69, 9.17) is 0 Å². The van der Waals surface area contributed by atoms with Crippen LogP contribution in [-0.4, -0.2) is 17.9 Å². The van der Waals surface area contributed by atoms with Crippen molar-refractivity contribution in [3.63, 3.8) is 0 Å². The quantitative estimate of drug-likeness (QED) is 0.816. The zero-order chi connectivity index (χ0) is 13.7. The van der Waals surface area contributed by atoms with Crippen LogP contribution in [0.5, 0.6) is 0 Å². The number of hydrogen-bond acceptors (Lipinski definition) is 1. The van der Waals surface area contributed by atoms with Crippen molar-refractivity contribution in [2.45, 2.75) is 19.9 Å². The largest absolute Gasteiger partial charge is 0.337 e. The number of hydrogen-bond donors (Lipinski definition) is 0. The molecule has 0 radical (unpaired) electrons. The maximum Gasteiger partial charge on any atom is 0.253 e. The first-order valence-electron chi connectivity index (χ1n) is 6.59. The van der Waals surface area contributed by atoms with Gasteiger partial charge in [-0.1, -0.05) is 49.4 Å². The van der Waals surface area contributed by atoms with Crippen LogP contribution in [-0.2, 0) is 13.0 Å². The van der Waals surface area contributed by atoms with Crippen molar-refractivity contribution in [1.82, 2.24) is 4.90 Å². The summed E-state index contributed by atoms with van der Waals surface area (Å²) in [6.45, 7) is 2.78. The SMILES string of the molecule is CCc1ccc(CN(C)C(=O)c2ccccc2)cc1. The smallest absolute Gasteiger partial charge is 0.253 e. The molecule has 2 nitrogen and oxygen atoms in total. The molecule has 2 aromatic rings. The van der Waals surface area contributed by atoms with Gasteiger partial charge in [0.1, 0.15) is 0 Å². The van der Waals surface area contributed by atoms with Crippen LogP contribution in [0.3, 0.4) is 0 Å². The molecule has 0 unspecified atom stereocenters. The van der Waals surface area contributed by atoms with Crippen LogP contribution in [0.4, 0.5) is 0 Å². The summed E-state index contributed by atoms with van der Waals surface area (Å²) in [5, 5.41) is 0. The summed E-state index contributed by atoms with van der Waals surface area (Å²) in [5.74, 6) is 0.0557. The van der Waals surface area contributed by atoms with Crippen molar-refractivity contribution < 1.29 is 4.79 Å². The van der Waals surface area contributed by atoms with Crippen molar-refractivity contribution in [2.24, 2.45) is 0 Å². The van der Waals surface area contributed by atoms with E-state index in [-0.39, 0.29) is 5.91 Å². The molecule has 2 heteroatoms. The Morgan fingerprint density at radius 1 is 0.947 bits per heavy atom. The zero-order valence-electron chi connectivity index (χ0n) is 11.5. The maximum atomic E-state index is 12.2. The van der Waals surface area contributed by atoms with Gasteiger partial charge >= 0.3 is 0 Å². The van der Waals surface area contributed by atoms with Crippen LogP contribution in [0.2, 0.25) is 0 Å². The Balaban J connectivity index is 2.04. The van der Waals surface area contributed by atoms with Gasteiger partial charge in [-0.3, -0.25) is 4.79 Å². The predicted octanol–water partition coefficient (Wildman–Crippen LogP) is 3.52. The second-order valence-electron chi connectivity index (χ2n) is 4.70. The Hall–Kier alpha value is -2.09. The summed E-state index contributed by atoms with van der Waals surface area (Å²) in [6.07, 6.45) is 1.04. The number of rotatable bonds is 4. The molecule has 0 atom stereocenters. The van der Waals surface area contributed by atoms with Gasteiger partial charge < -0.3 is 4.90 Å². The average molecular weight is 253 g/mol. The van der Waals surface area contributed by atoms with Crippen LogP contribution < -0.4 is 0 Å². The molecule has 0 aromatic heterocycles. The summed E-state index contributed by atoms with van der Waals surface area (Å²) in [6, 6.07) is 17.8. The van der Waals surface area contributed by atoms with Gasteiger partial charge in [-0.2, -0.15) is 0 Å². The molecule has 0 fully saturated rings. The van der Waals surface area contributed by atoms with Gasteiger partial charge in [0.25, 0.3) is 5.91 Å². The van der Waals surface area contributed by atoms with Gasteiger partial charge in [-0.15, -0.1) is 0 Å². The van der Waals surface area contributed by atoms with Crippen LogP contribution in [0, 0.1) is 0 Å². The molecular formula is C17H19NO. The first-order valence-corrected chi connectivity index (χ1v) is 6.59. The first-order chi connectivity index (χ1) is 9.20. The van der Waals surface area contributed by atoms with Gasteiger partial charge in [0.05, 0.1) is 0 Å². The highest BCUT2D eigenvalue weighted by Gasteiger charge is 2.11. The lowest BCUT2D eigenvalue weighted by Crippen LogP contribution is -2.26. The molecule has 0 aliphatic carbocycles. The monoisotopic (exact) mass is 253 g/mol. The van der Waals surface area contributed by atoms with Crippen LogP contribution in [0.15, 0.2) is 54.6 Å². The summed E-state index contributed by atoms with van der Waals surface area (Å²) < 4.78 is 0. The van der Waals surface area contributed by atoms with E-state index < -0.39 is 0 Å². The minimum Gasteiger partial charge on any atom is -0.337 e. The van der Waals surface area contributed by atoms with E-state index in [2.05, 4.69) is 31.2 Å². The lowest BCUT2D eigenvalue weighted by Gasteiger charge is -2.17. The summed E-state index contributed by atoms with van der Waals surface area (Å²) in [5.41, 5.74) is 3.21. The fraction of sp³-hybridized carbons (Fsp3) is 0.235. The standard InChI is InChI=1S/C17H19NO/c1-3-14-9-11-15(12-10-14)13-18(2)17(19)16-7-5-4-6-8-16/h4-12H,3,13H2,1-2H3. The molecule has 0 aliphatic heterocycles. The van der Waals surface area contributed by atoms with E-state index in [0.29, 0.717) is 6.54 Å². The third kappa shape index (κ3) is 3.44. The van der Waals surface area contributed by atoms with E-state index in [0.717, 1.165) is 17.5 Å². The van der Waals surface area contributed by atoms with Crippen molar-refractivity contribution >= 4 is 5.91 Å². The van der Waals surface area contributed by atoms with Gasteiger partial charge in [-0.05, 0) is 29.7 Å². The fourth-order valence-electron chi connectivity index (χ4n) is 2.03. The average Bonchev–Trinajstić information content (AvgIpc) is 2.48. The Morgan fingerprint density at radius 3 is 2.11 bits per heavy atom. The highest BCUT2D eigenvalue weighted by Crippen LogP contribution is 2.10. The van der Waals surface area contributed by atoms with E-state index in [1.165, 1.54) is 5.56 Å². The normalized spacial score (nSPS) is 10.2. The molecule has 0 N–H and O–H groups in total. The predicted molar refractivity (Wildman–Crippen MR) is 78.1 cm³/mol. The maximum absolute atomic E-state index is 12.2. The molecule has 0 aliphatic rings. The van der Waals surface area contributed by atoms with Crippen molar-refractivity contribution in [3.05, 3.63) is 71.3 Å². The highest BCUT2D eigenvalue weighted by atomic mass is 16.2. The van der Waals surface area contributed by atoms with E-state index in [1.54, 1.807) is 4.90 Å². The lowest BCUT2D eigenvalue weighted by atomic mass is 10.1. The Morgan fingerprint density at radius 2 is 1.53 bits per heavy atom. The molecule has 0 bridgehead atoms. The Labute approximate surface area is 114 Å². The topological polar surface area (TPSA) is 20.3 Å².